The molecular formula is C10H16BN3O2. The second kappa shape index (κ2) is 3.43. The zero-order valence-electron chi connectivity index (χ0n) is 10.0. The van der Waals surface area contributed by atoms with Gasteiger partial charge in [-0.3, -0.25) is 0 Å². The van der Waals surface area contributed by atoms with Gasteiger partial charge in [-0.1, -0.05) is 0 Å². The Morgan fingerprint density at radius 1 is 1.19 bits per heavy atom. The van der Waals surface area contributed by atoms with Gasteiger partial charge in [0.2, 0.25) is 0 Å². The van der Waals surface area contributed by atoms with E-state index in [0.29, 0.717) is 11.3 Å². The molecule has 0 bridgehead atoms. The molecule has 1 saturated heterocycles. The Morgan fingerprint density at radius 2 is 1.75 bits per heavy atom. The highest BCUT2D eigenvalue weighted by Gasteiger charge is 2.52. The summed E-state index contributed by atoms with van der Waals surface area (Å²) in [5.41, 5.74) is 5.70. The number of nitrogen functional groups attached to an aromatic ring is 1. The summed E-state index contributed by atoms with van der Waals surface area (Å²) >= 11 is 0. The Bertz CT molecular complexity index is 393. The molecule has 1 fully saturated rings. The number of rotatable bonds is 1. The molecule has 2 N–H and O–H groups in total. The molecule has 0 aromatic carbocycles. The van der Waals surface area contributed by atoms with Gasteiger partial charge in [0.25, 0.3) is 0 Å². The van der Waals surface area contributed by atoms with Crippen LogP contribution in [0.3, 0.4) is 0 Å². The normalized spacial score (nSPS) is 22.4. The average molecular weight is 221 g/mol. The molecule has 1 aliphatic heterocycles. The van der Waals surface area contributed by atoms with E-state index in [-0.39, 0.29) is 11.2 Å². The van der Waals surface area contributed by atoms with E-state index in [1.807, 2.05) is 27.7 Å². The Morgan fingerprint density at radius 3 is 2.25 bits per heavy atom. The molecular weight excluding hydrogens is 205 g/mol. The van der Waals surface area contributed by atoms with Crippen molar-refractivity contribution >= 4 is 18.4 Å². The molecule has 16 heavy (non-hydrogen) atoms. The van der Waals surface area contributed by atoms with Crippen LogP contribution in [0.15, 0.2) is 12.5 Å². The molecule has 86 valence electrons. The minimum Gasteiger partial charge on any atom is -0.399 e. The van der Waals surface area contributed by atoms with Gasteiger partial charge in [0.15, 0.2) is 0 Å². The van der Waals surface area contributed by atoms with Crippen LogP contribution in [0.2, 0.25) is 0 Å². The smallest absolute Gasteiger partial charge is 0.399 e. The van der Waals surface area contributed by atoms with E-state index in [9.17, 15) is 0 Å². The van der Waals surface area contributed by atoms with E-state index in [2.05, 4.69) is 9.97 Å². The van der Waals surface area contributed by atoms with E-state index in [0.717, 1.165) is 0 Å². The SMILES string of the molecule is CC1(C)OB(c2cncnc2N)OC1(C)C. The Hall–Kier alpha value is -1.14. The summed E-state index contributed by atoms with van der Waals surface area (Å²) in [6, 6.07) is 0. The lowest BCUT2D eigenvalue weighted by Gasteiger charge is -2.32. The summed E-state index contributed by atoms with van der Waals surface area (Å²) in [5.74, 6) is 0.397. The minimum atomic E-state index is -0.494. The van der Waals surface area contributed by atoms with Crippen LogP contribution in [-0.2, 0) is 9.31 Å². The van der Waals surface area contributed by atoms with Gasteiger partial charge in [0, 0.05) is 11.7 Å². The first kappa shape index (κ1) is 11.4. The molecule has 0 aliphatic carbocycles. The number of nitrogens with two attached hydrogens (primary N) is 1. The van der Waals surface area contributed by atoms with Gasteiger partial charge in [0.05, 0.1) is 11.2 Å². The van der Waals surface area contributed by atoms with Gasteiger partial charge in [-0.25, -0.2) is 9.97 Å². The fourth-order valence-corrected chi connectivity index (χ4v) is 1.50. The molecule has 1 aliphatic rings. The average Bonchev–Trinajstić information content (AvgIpc) is 2.36. The van der Waals surface area contributed by atoms with Crippen LogP contribution >= 0.6 is 0 Å². The van der Waals surface area contributed by atoms with Crippen LogP contribution in [0.1, 0.15) is 27.7 Å². The van der Waals surface area contributed by atoms with Crippen LogP contribution in [-0.4, -0.2) is 28.3 Å². The van der Waals surface area contributed by atoms with E-state index >= 15 is 0 Å². The molecule has 1 aromatic rings. The molecule has 2 rings (SSSR count). The monoisotopic (exact) mass is 221 g/mol. The first-order valence-corrected chi connectivity index (χ1v) is 5.24. The zero-order chi connectivity index (χ0) is 12.0. The van der Waals surface area contributed by atoms with Crippen LogP contribution in [0, 0.1) is 0 Å². The van der Waals surface area contributed by atoms with Crippen LogP contribution in [0.5, 0.6) is 0 Å². The third kappa shape index (κ3) is 1.68. The summed E-state index contributed by atoms with van der Waals surface area (Å²) in [4.78, 5) is 7.86. The van der Waals surface area contributed by atoms with Gasteiger partial charge in [-0.15, -0.1) is 0 Å². The molecule has 6 heteroatoms. The second-order valence-corrected chi connectivity index (χ2v) is 4.95. The number of nitrogens with zero attached hydrogens (tertiary/aromatic N) is 2. The number of hydrogen-bond acceptors (Lipinski definition) is 5. The molecule has 5 nitrogen and oxygen atoms in total. The summed E-state index contributed by atoms with van der Waals surface area (Å²) in [6.07, 6.45) is 3.04. The first-order chi connectivity index (χ1) is 7.33. The van der Waals surface area contributed by atoms with Crippen molar-refractivity contribution in [2.45, 2.75) is 38.9 Å². The van der Waals surface area contributed by atoms with Gasteiger partial charge >= 0.3 is 7.12 Å². The summed E-state index contributed by atoms with van der Waals surface area (Å²) in [7, 11) is -0.494. The number of aromatic nitrogens is 2. The topological polar surface area (TPSA) is 70.3 Å². The van der Waals surface area contributed by atoms with Crippen molar-refractivity contribution in [3.63, 3.8) is 0 Å². The molecule has 2 heterocycles. The zero-order valence-corrected chi connectivity index (χ0v) is 10.0. The molecule has 0 saturated carbocycles. The largest absolute Gasteiger partial charge is 0.500 e. The molecule has 1 aromatic heterocycles. The lowest BCUT2D eigenvalue weighted by Crippen LogP contribution is -2.41. The van der Waals surface area contributed by atoms with E-state index in [1.165, 1.54) is 6.33 Å². The fraction of sp³-hybridized carbons (Fsp3) is 0.600. The van der Waals surface area contributed by atoms with Crippen LogP contribution < -0.4 is 11.2 Å². The van der Waals surface area contributed by atoms with Gasteiger partial charge < -0.3 is 15.0 Å². The standard InChI is InChI=1S/C10H16BN3O2/c1-9(2)10(3,4)16-11(15-9)7-5-13-6-14-8(7)12/h5-6H,1-4H3,(H2,12,13,14). The number of anilines is 1. The molecule has 0 spiro atoms. The van der Waals surface area contributed by atoms with Crippen LogP contribution in [0.4, 0.5) is 5.82 Å². The molecule has 0 atom stereocenters. The quantitative estimate of drug-likeness (QED) is 0.693. The summed E-state index contributed by atoms with van der Waals surface area (Å²) in [6.45, 7) is 7.97. The Kier molecular flexibility index (Phi) is 2.43. The molecule has 0 unspecified atom stereocenters. The van der Waals surface area contributed by atoms with Gasteiger partial charge in [0.1, 0.15) is 12.1 Å². The molecule has 0 radical (unpaired) electrons. The molecule has 0 amide bonds. The van der Waals surface area contributed by atoms with Gasteiger partial charge in [-0.05, 0) is 27.7 Å². The highest BCUT2D eigenvalue weighted by Crippen LogP contribution is 2.36. The van der Waals surface area contributed by atoms with Gasteiger partial charge in [-0.2, -0.15) is 0 Å². The highest BCUT2D eigenvalue weighted by atomic mass is 16.7. The maximum Gasteiger partial charge on any atom is 0.500 e. The van der Waals surface area contributed by atoms with Crippen molar-refractivity contribution in [1.82, 2.24) is 9.97 Å². The maximum atomic E-state index is 5.85. The van der Waals surface area contributed by atoms with Crippen molar-refractivity contribution in [2.24, 2.45) is 0 Å². The van der Waals surface area contributed by atoms with Crippen molar-refractivity contribution in [1.29, 1.82) is 0 Å². The number of hydrogen-bond donors (Lipinski definition) is 1. The minimum absolute atomic E-state index is 0.375. The third-order valence-corrected chi connectivity index (χ3v) is 3.28. The maximum absolute atomic E-state index is 5.85. The third-order valence-electron chi connectivity index (χ3n) is 3.28. The summed E-state index contributed by atoms with van der Waals surface area (Å²) < 4.78 is 11.7. The highest BCUT2D eigenvalue weighted by molar-refractivity contribution is 6.63. The predicted octanol–water partition coefficient (Wildman–Crippen LogP) is 0.358. The van der Waals surface area contributed by atoms with E-state index in [4.69, 9.17) is 15.0 Å². The van der Waals surface area contributed by atoms with Crippen molar-refractivity contribution in [2.75, 3.05) is 5.73 Å². The van der Waals surface area contributed by atoms with Crippen molar-refractivity contribution in [3.8, 4) is 0 Å². The Balaban J connectivity index is 2.31. The van der Waals surface area contributed by atoms with Crippen molar-refractivity contribution < 1.29 is 9.31 Å². The lowest BCUT2D eigenvalue weighted by atomic mass is 9.80. The fourth-order valence-electron chi connectivity index (χ4n) is 1.50. The Labute approximate surface area is 95.5 Å². The summed E-state index contributed by atoms with van der Waals surface area (Å²) in [5, 5.41) is 0. The predicted molar refractivity (Wildman–Crippen MR) is 62.2 cm³/mol. The second-order valence-electron chi connectivity index (χ2n) is 4.95. The van der Waals surface area contributed by atoms with E-state index < -0.39 is 7.12 Å². The lowest BCUT2D eigenvalue weighted by molar-refractivity contribution is 0.00578. The van der Waals surface area contributed by atoms with E-state index in [1.54, 1.807) is 6.20 Å². The first-order valence-electron chi connectivity index (χ1n) is 5.24. The van der Waals surface area contributed by atoms with Crippen LogP contribution in [0.25, 0.3) is 0 Å². The van der Waals surface area contributed by atoms with Crippen molar-refractivity contribution in [3.05, 3.63) is 12.5 Å².